The number of benzene rings is 1. The van der Waals surface area contributed by atoms with Gasteiger partial charge in [0.2, 0.25) is 5.91 Å². The van der Waals surface area contributed by atoms with Crippen LogP contribution < -0.4 is 5.32 Å². The number of hydrogen-bond acceptors (Lipinski definition) is 3. The van der Waals surface area contributed by atoms with E-state index in [4.69, 9.17) is 11.6 Å². The fourth-order valence-electron chi connectivity index (χ4n) is 3.20. The molecule has 3 nitrogen and oxygen atoms in total. The predicted octanol–water partition coefficient (Wildman–Crippen LogP) is 6.09. The lowest BCUT2D eigenvalue weighted by atomic mass is 10.0. The van der Waals surface area contributed by atoms with Crippen LogP contribution in [0.5, 0.6) is 0 Å². The Morgan fingerprint density at radius 3 is 2.69 bits per heavy atom. The van der Waals surface area contributed by atoms with Crippen molar-refractivity contribution in [2.45, 2.75) is 51.9 Å². The van der Waals surface area contributed by atoms with Gasteiger partial charge in [0.05, 0.1) is 5.71 Å². The smallest absolute Gasteiger partial charge is 0.246 e. The molecule has 0 saturated carbocycles. The summed E-state index contributed by atoms with van der Waals surface area (Å²) < 4.78 is 0. The van der Waals surface area contributed by atoms with Crippen LogP contribution >= 0.6 is 22.9 Å². The number of aliphatic imine (C=N–C) groups is 1. The number of carbonyl (C=O) groups is 1. The number of amides is 1. The number of hydrogen-bond donors (Lipinski definition) is 1. The average molecular weight is 389 g/mol. The molecule has 0 saturated heterocycles. The second-order valence-electron chi connectivity index (χ2n) is 6.67. The molecule has 0 spiro atoms. The molecule has 3 rings (SSSR count). The normalized spacial score (nSPS) is 13.8. The number of nitrogens with one attached hydrogen (secondary N) is 1. The van der Waals surface area contributed by atoms with Gasteiger partial charge in [-0.15, -0.1) is 11.3 Å². The number of rotatable bonds is 8. The van der Waals surface area contributed by atoms with Gasteiger partial charge in [-0.3, -0.25) is 9.79 Å². The standard InChI is InChI=1S/C21H25ClN2OS/c1-2-3-4-5-6-7-10-15-13-17-20(16-11-8-9-12-18(16)22)23-14-19(25)24-21(17)26-15/h8-9,11-13H,2-7,10,14H2,1H3,(H,24,25). The van der Waals surface area contributed by atoms with Crippen molar-refractivity contribution in [1.29, 1.82) is 0 Å². The van der Waals surface area contributed by atoms with Crippen molar-refractivity contribution in [3.05, 3.63) is 51.4 Å². The van der Waals surface area contributed by atoms with E-state index in [0.717, 1.165) is 28.3 Å². The maximum absolute atomic E-state index is 12.0. The van der Waals surface area contributed by atoms with Crippen LogP contribution in [0.15, 0.2) is 35.3 Å². The summed E-state index contributed by atoms with van der Waals surface area (Å²) in [7, 11) is 0. The third kappa shape index (κ3) is 4.74. The number of unbranched alkanes of at least 4 members (excludes halogenated alkanes) is 5. The molecule has 0 bridgehead atoms. The zero-order valence-corrected chi connectivity index (χ0v) is 16.8. The Bertz CT molecular complexity index is 797. The maximum atomic E-state index is 12.0. The van der Waals surface area contributed by atoms with E-state index in [0.29, 0.717) is 5.02 Å². The van der Waals surface area contributed by atoms with Crippen molar-refractivity contribution in [2.24, 2.45) is 4.99 Å². The van der Waals surface area contributed by atoms with E-state index in [9.17, 15) is 4.79 Å². The minimum Gasteiger partial charge on any atom is -0.316 e. The van der Waals surface area contributed by atoms with Gasteiger partial charge in [-0.25, -0.2) is 0 Å². The first-order valence-electron chi connectivity index (χ1n) is 9.41. The summed E-state index contributed by atoms with van der Waals surface area (Å²) in [5.74, 6) is -0.0683. The van der Waals surface area contributed by atoms with Crippen LogP contribution in [0.2, 0.25) is 5.02 Å². The third-order valence-electron chi connectivity index (χ3n) is 4.58. The van der Waals surface area contributed by atoms with Gasteiger partial charge in [0.15, 0.2) is 0 Å². The largest absolute Gasteiger partial charge is 0.316 e. The first-order chi connectivity index (χ1) is 12.7. The minimum atomic E-state index is -0.0683. The van der Waals surface area contributed by atoms with Crippen molar-refractivity contribution < 1.29 is 4.79 Å². The number of anilines is 1. The van der Waals surface area contributed by atoms with Crippen LogP contribution in [0.25, 0.3) is 0 Å². The van der Waals surface area contributed by atoms with E-state index in [1.165, 1.54) is 43.4 Å². The Balaban J connectivity index is 1.76. The molecule has 26 heavy (non-hydrogen) atoms. The fourth-order valence-corrected chi connectivity index (χ4v) is 4.54. The van der Waals surface area contributed by atoms with Gasteiger partial charge in [0.25, 0.3) is 0 Å². The van der Waals surface area contributed by atoms with Crippen LogP contribution in [-0.4, -0.2) is 18.2 Å². The van der Waals surface area contributed by atoms with Crippen LogP contribution in [0.4, 0.5) is 5.00 Å². The van der Waals surface area contributed by atoms with Gasteiger partial charge >= 0.3 is 0 Å². The molecule has 1 N–H and O–H groups in total. The van der Waals surface area contributed by atoms with E-state index in [1.807, 2.05) is 24.3 Å². The third-order valence-corrected chi connectivity index (χ3v) is 6.02. The van der Waals surface area contributed by atoms with Crippen molar-refractivity contribution in [1.82, 2.24) is 0 Å². The van der Waals surface area contributed by atoms with Crippen LogP contribution in [0.3, 0.4) is 0 Å². The van der Waals surface area contributed by atoms with Gasteiger partial charge in [-0.1, -0.05) is 68.8 Å². The quantitative estimate of drug-likeness (QED) is 0.546. The highest BCUT2D eigenvalue weighted by Crippen LogP contribution is 2.34. The van der Waals surface area contributed by atoms with Crippen molar-refractivity contribution in [3.63, 3.8) is 0 Å². The van der Waals surface area contributed by atoms with Gasteiger partial charge in [-0.05, 0) is 25.0 Å². The van der Waals surface area contributed by atoms with Crippen molar-refractivity contribution >= 4 is 39.6 Å². The molecule has 1 aliphatic rings. The minimum absolute atomic E-state index is 0.0683. The fraction of sp³-hybridized carbons (Fsp3) is 0.429. The molecule has 2 aromatic rings. The lowest BCUT2D eigenvalue weighted by Crippen LogP contribution is -2.12. The zero-order valence-electron chi connectivity index (χ0n) is 15.2. The Kier molecular flexibility index (Phi) is 6.86. The number of thiophene rings is 1. The lowest BCUT2D eigenvalue weighted by molar-refractivity contribution is -0.114. The lowest BCUT2D eigenvalue weighted by Gasteiger charge is -2.07. The highest BCUT2D eigenvalue weighted by Gasteiger charge is 2.22. The molecule has 1 aromatic heterocycles. The van der Waals surface area contributed by atoms with Crippen LogP contribution in [-0.2, 0) is 11.2 Å². The number of aryl methyl sites for hydroxylation is 1. The number of carbonyl (C=O) groups excluding carboxylic acids is 1. The zero-order chi connectivity index (χ0) is 18.4. The van der Waals surface area contributed by atoms with E-state index in [2.05, 4.69) is 23.3 Å². The summed E-state index contributed by atoms with van der Waals surface area (Å²) in [6, 6.07) is 9.87. The molecule has 0 unspecified atom stereocenters. The molecule has 1 aromatic carbocycles. The second-order valence-corrected chi connectivity index (χ2v) is 8.21. The molecule has 138 valence electrons. The monoisotopic (exact) mass is 388 g/mol. The maximum Gasteiger partial charge on any atom is 0.246 e. The van der Waals surface area contributed by atoms with Gasteiger partial charge < -0.3 is 5.32 Å². The van der Waals surface area contributed by atoms with Gasteiger partial charge in [0.1, 0.15) is 11.5 Å². The Hall–Kier alpha value is -1.65. The first kappa shape index (κ1) is 19.1. The Labute approximate surface area is 164 Å². The number of fused-ring (bicyclic) bond motifs is 1. The molecule has 1 amide bonds. The van der Waals surface area contributed by atoms with E-state index >= 15 is 0 Å². The molecule has 0 atom stereocenters. The number of halogens is 1. The second kappa shape index (κ2) is 9.33. The van der Waals surface area contributed by atoms with Gasteiger partial charge in [0, 0.05) is 21.0 Å². The molecular formula is C21H25ClN2OS. The molecule has 0 aliphatic carbocycles. The molecule has 2 heterocycles. The molecule has 5 heteroatoms. The average Bonchev–Trinajstić information content (AvgIpc) is 2.95. The summed E-state index contributed by atoms with van der Waals surface area (Å²) in [6.45, 7) is 2.37. The summed E-state index contributed by atoms with van der Waals surface area (Å²) in [6.07, 6.45) is 8.75. The van der Waals surface area contributed by atoms with E-state index in [1.54, 1.807) is 11.3 Å². The SMILES string of the molecule is CCCCCCCCc1cc2c(s1)NC(=O)CN=C2c1ccccc1Cl. The van der Waals surface area contributed by atoms with Crippen molar-refractivity contribution in [2.75, 3.05) is 11.9 Å². The van der Waals surface area contributed by atoms with Crippen LogP contribution in [0.1, 0.15) is 61.5 Å². The summed E-state index contributed by atoms with van der Waals surface area (Å²) in [5, 5.41) is 4.56. The highest BCUT2D eigenvalue weighted by molar-refractivity contribution is 7.16. The van der Waals surface area contributed by atoms with E-state index in [-0.39, 0.29) is 12.5 Å². The van der Waals surface area contributed by atoms with Crippen LogP contribution in [0, 0.1) is 0 Å². The van der Waals surface area contributed by atoms with E-state index < -0.39 is 0 Å². The van der Waals surface area contributed by atoms with Gasteiger partial charge in [-0.2, -0.15) is 0 Å². The predicted molar refractivity (Wildman–Crippen MR) is 112 cm³/mol. The highest BCUT2D eigenvalue weighted by atomic mass is 35.5. The summed E-state index contributed by atoms with van der Waals surface area (Å²) in [4.78, 5) is 17.9. The molecule has 1 aliphatic heterocycles. The molecular weight excluding hydrogens is 364 g/mol. The summed E-state index contributed by atoms with van der Waals surface area (Å²) in [5.41, 5.74) is 2.69. The topological polar surface area (TPSA) is 41.5 Å². The van der Waals surface area contributed by atoms with Crippen molar-refractivity contribution in [3.8, 4) is 0 Å². The Morgan fingerprint density at radius 1 is 1.12 bits per heavy atom. The summed E-state index contributed by atoms with van der Waals surface area (Å²) >= 11 is 8.05. The first-order valence-corrected chi connectivity index (χ1v) is 10.6. The molecule has 0 radical (unpaired) electrons. The number of nitrogens with zero attached hydrogens (tertiary/aromatic N) is 1. The Morgan fingerprint density at radius 2 is 1.88 bits per heavy atom. The molecule has 0 fully saturated rings.